The van der Waals surface area contributed by atoms with Gasteiger partial charge in [-0.15, -0.1) is 0 Å². The topological polar surface area (TPSA) is 82.4 Å². The standard InChI is InChI=1S/C14H18ClN3O3S/c1-11(18-4-6-21-7-5-18)10-17-22(19,20)13-3-2-12(9-16)14(15)8-13/h2-3,8,11,17H,4-7,10H2,1H3. The van der Waals surface area contributed by atoms with Gasteiger partial charge in [0, 0.05) is 25.7 Å². The van der Waals surface area contributed by atoms with E-state index in [1.165, 1.54) is 18.2 Å². The maximum absolute atomic E-state index is 12.3. The summed E-state index contributed by atoms with van der Waals surface area (Å²) in [6, 6.07) is 6.06. The van der Waals surface area contributed by atoms with Crippen molar-refractivity contribution in [1.82, 2.24) is 9.62 Å². The molecule has 1 fully saturated rings. The number of halogens is 1. The smallest absolute Gasteiger partial charge is 0.240 e. The molecule has 120 valence electrons. The zero-order chi connectivity index (χ0) is 16.2. The number of benzene rings is 1. The molecular formula is C14H18ClN3O3S. The number of rotatable bonds is 5. The SMILES string of the molecule is CC(CNS(=O)(=O)c1ccc(C#N)c(Cl)c1)N1CCOCC1. The van der Waals surface area contributed by atoms with Crippen LogP contribution >= 0.6 is 11.6 Å². The number of ether oxygens (including phenoxy) is 1. The van der Waals surface area contributed by atoms with Crippen LogP contribution in [0.5, 0.6) is 0 Å². The number of sulfonamides is 1. The first-order valence-electron chi connectivity index (χ1n) is 6.95. The summed E-state index contributed by atoms with van der Waals surface area (Å²) in [6.07, 6.45) is 0. The Balaban J connectivity index is 2.01. The largest absolute Gasteiger partial charge is 0.379 e. The van der Waals surface area contributed by atoms with Gasteiger partial charge in [-0.3, -0.25) is 4.90 Å². The molecule has 1 aromatic carbocycles. The van der Waals surface area contributed by atoms with E-state index >= 15 is 0 Å². The molecule has 0 bridgehead atoms. The lowest BCUT2D eigenvalue weighted by Crippen LogP contribution is -2.47. The Labute approximate surface area is 135 Å². The fourth-order valence-corrected chi connectivity index (χ4v) is 3.65. The fourth-order valence-electron chi connectivity index (χ4n) is 2.21. The van der Waals surface area contributed by atoms with Crippen molar-refractivity contribution in [3.63, 3.8) is 0 Å². The summed E-state index contributed by atoms with van der Waals surface area (Å²) in [4.78, 5) is 2.24. The molecule has 0 radical (unpaired) electrons. The molecule has 1 aromatic rings. The van der Waals surface area contributed by atoms with Crippen molar-refractivity contribution >= 4 is 21.6 Å². The monoisotopic (exact) mass is 343 g/mol. The van der Waals surface area contributed by atoms with Crippen molar-refractivity contribution in [2.24, 2.45) is 0 Å². The predicted octanol–water partition coefficient (Wildman–Crippen LogP) is 1.21. The van der Waals surface area contributed by atoms with Crippen molar-refractivity contribution in [3.05, 3.63) is 28.8 Å². The molecule has 0 aromatic heterocycles. The Morgan fingerprint density at radius 2 is 2.14 bits per heavy atom. The van der Waals surface area contributed by atoms with E-state index in [-0.39, 0.29) is 21.5 Å². The molecule has 1 N–H and O–H groups in total. The van der Waals surface area contributed by atoms with E-state index < -0.39 is 10.0 Å². The van der Waals surface area contributed by atoms with E-state index in [4.69, 9.17) is 21.6 Å². The molecule has 6 nitrogen and oxygen atoms in total. The van der Waals surface area contributed by atoms with Crippen LogP contribution in [0.25, 0.3) is 0 Å². The second-order valence-electron chi connectivity index (χ2n) is 5.10. The molecule has 1 unspecified atom stereocenters. The third-order valence-corrected chi connectivity index (χ3v) is 5.34. The van der Waals surface area contributed by atoms with E-state index in [1.807, 2.05) is 13.0 Å². The molecule has 0 amide bonds. The second-order valence-corrected chi connectivity index (χ2v) is 7.28. The highest BCUT2D eigenvalue weighted by atomic mass is 35.5. The fraction of sp³-hybridized carbons (Fsp3) is 0.500. The van der Waals surface area contributed by atoms with Crippen molar-refractivity contribution in [1.29, 1.82) is 5.26 Å². The first-order chi connectivity index (χ1) is 10.4. The Morgan fingerprint density at radius 3 is 2.73 bits per heavy atom. The van der Waals surface area contributed by atoms with Crippen molar-refractivity contribution in [2.75, 3.05) is 32.8 Å². The van der Waals surface area contributed by atoms with Crippen molar-refractivity contribution in [2.45, 2.75) is 17.9 Å². The normalized spacial score (nSPS) is 17.9. The van der Waals surface area contributed by atoms with Crippen LogP contribution in [-0.4, -0.2) is 52.2 Å². The van der Waals surface area contributed by atoms with Crippen LogP contribution in [0, 0.1) is 11.3 Å². The van der Waals surface area contributed by atoms with Crippen LogP contribution < -0.4 is 4.72 Å². The molecule has 1 heterocycles. The minimum absolute atomic E-state index is 0.0608. The molecule has 1 aliphatic rings. The summed E-state index contributed by atoms with van der Waals surface area (Å²) in [5.41, 5.74) is 0.252. The van der Waals surface area contributed by atoms with Gasteiger partial charge in [-0.1, -0.05) is 11.6 Å². The minimum Gasteiger partial charge on any atom is -0.379 e. The predicted molar refractivity (Wildman–Crippen MR) is 83.2 cm³/mol. The number of nitrogens with one attached hydrogen (secondary N) is 1. The zero-order valence-electron chi connectivity index (χ0n) is 12.3. The number of morpholine rings is 1. The summed E-state index contributed by atoms with van der Waals surface area (Å²) in [5, 5.41) is 8.95. The summed E-state index contributed by atoms with van der Waals surface area (Å²) >= 11 is 5.88. The summed E-state index contributed by atoms with van der Waals surface area (Å²) in [6.45, 7) is 5.21. The van der Waals surface area contributed by atoms with Crippen LogP contribution in [0.15, 0.2) is 23.1 Å². The van der Waals surface area contributed by atoms with Crippen LogP contribution in [0.4, 0.5) is 0 Å². The number of hydrogen-bond donors (Lipinski definition) is 1. The van der Waals surface area contributed by atoms with Gasteiger partial charge in [-0.2, -0.15) is 5.26 Å². The number of nitriles is 1. The van der Waals surface area contributed by atoms with Crippen molar-refractivity contribution in [3.8, 4) is 6.07 Å². The van der Waals surface area contributed by atoms with Gasteiger partial charge in [0.2, 0.25) is 10.0 Å². The molecule has 1 aliphatic heterocycles. The number of nitrogens with zero attached hydrogens (tertiary/aromatic N) is 2. The average molecular weight is 344 g/mol. The first kappa shape index (κ1) is 17.2. The summed E-state index contributed by atoms with van der Waals surface area (Å²) in [5.74, 6) is 0. The van der Waals surface area contributed by atoms with E-state index in [2.05, 4.69) is 9.62 Å². The van der Waals surface area contributed by atoms with E-state index in [0.29, 0.717) is 19.8 Å². The highest BCUT2D eigenvalue weighted by molar-refractivity contribution is 7.89. The lowest BCUT2D eigenvalue weighted by molar-refractivity contribution is 0.0213. The van der Waals surface area contributed by atoms with Gasteiger partial charge < -0.3 is 4.74 Å². The molecule has 8 heteroatoms. The zero-order valence-corrected chi connectivity index (χ0v) is 13.8. The molecule has 1 saturated heterocycles. The van der Waals surface area contributed by atoms with Gasteiger partial charge in [-0.05, 0) is 25.1 Å². The van der Waals surface area contributed by atoms with Crippen LogP contribution in [-0.2, 0) is 14.8 Å². The Bertz CT molecular complexity index is 666. The quantitative estimate of drug-likeness (QED) is 0.869. The summed E-state index contributed by atoms with van der Waals surface area (Å²) < 4.78 is 32.4. The van der Waals surface area contributed by atoms with Crippen LogP contribution in [0.1, 0.15) is 12.5 Å². The van der Waals surface area contributed by atoms with Crippen LogP contribution in [0.3, 0.4) is 0 Å². The third kappa shape index (κ3) is 4.18. The van der Waals surface area contributed by atoms with Gasteiger partial charge in [0.1, 0.15) is 6.07 Å². The maximum Gasteiger partial charge on any atom is 0.240 e. The van der Waals surface area contributed by atoms with E-state index in [0.717, 1.165) is 13.1 Å². The van der Waals surface area contributed by atoms with E-state index in [9.17, 15) is 8.42 Å². The van der Waals surface area contributed by atoms with Gasteiger partial charge in [-0.25, -0.2) is 13.1 Å². The number of hydrogen-bond acceptors (Lipinski definition) is 5. The molecule has 22 heavy (non-hydrogen) atoms. The first-order valence-corrected chi connectivity index (χ1v) is 8.81. The van der Waals surface area contributed by atoms with Gasteiger partial charge >= 0.3 is 0 Å². The Morgan fingerprint density at radius 1 is 1.45 bits per heavy atom. The Hall–Kier alpha value is -1.17. The Kier molecular flexibility index (Phi) is 5.78. The average Bonchev–Trinajstić information content (AvgIpc) is 2.53. The van der Waals surface area contributed by atoms with Crippen molar-refractivity contribution < 1.29 is 13.2 Å². The molecule has 1 atom stereocenters. The molecule has 0 aliphatic carbocycles. The molecule has 2 rings (SSSR count). The third-order valence-electron chi connectivity index (χ3n) is 3.61. The van der Waals surface area contributed by atoms with E-state index in [1.54, 1.807) is 0 Å². The van der Waals surface area contributed by atoms with Gasteiger partial charge in [0.25, 0.3) is 0 Å². The summed E-state index contributed by atoms with van der Waals surface area (Å²) in [7, 11) is -3.64. The lowest BCUT2D eigenvalue weighted by atomic mass is 10.2. The lowest BCUT2D eigenvalue weighted by Gasteiger charge is -2.32. The van der Waals surface area contributed by atoms with Gasteiger partial charge in [0.15, 0.2) is 0 Å². The molecule has 0 spiro atoms. The van der Waals surface area contributed by atoms with Crippen LogP contribution in [0.2, 0.25) is 5.02 Å². The minimum atomic E-state index is -3.64. The second kappa shape index (κ2) is 7.40. The van der Waals surface area contributed by atoms with Gasteiger partial charge in [0.05, 0.1) is 28.7 Å². The highest BCUT2D eigenvalue weighted by Crippen LogP contribution is 2.20. The maximum atomic E-state index is 12.3. The molecule has 0 saturated carbocycles. The molecular weight excluding hydrogens is 326 g/mol. The highest BCUT2D eigenvalue weighted by Gasteiger charge is 2.21.